The van der Waals surface area contributed by atoms with Gasteiger partial charge in [-0.05, 0) is 32.2 Å². The highest BCUT2D eigenvalue weighted by Crippen LogP contribution is 2.22. The van der Waals surface area contributed by atoms with Gasteiger partial charge in [-0.3, -0.25) is 4.90 Å². The lowest BCUT2D eigenvalue weighted by Gasteiger charge is -2.22. The van der Waals surface area contributed by atoms with Crippen molar-refractivity contribution in [2.24, 2.45) is 0 Å². The molecule has 1 fully saturated rings. The van der Waals surface area contributed by atoms with Crippen LogP contribution in [0.2, 0.25) is 5.15 Å². The number of rotatable bonds is 3. The van der Waals surface area contributed by atoms with E-state index >= 15 is 0 Å². The van der Waals surface area contributed by atoms with Gasteiger partial charge in [0.2, 0.25) is 0 Å². The van der Waals surface area contributed by atoms with Crippen molar-refractivity contribution in [3.8, 4) is 0 Å². The van der Waals surface area contributed by atoms with Crippen LogP contribution in [0.4, 0.5) is 0 Å². The maximum atomic E-state index is 5.92. The molecule has 1 aliphatic rings. The van der Waals surface area contributed by atoms with Gasteiger partial charge in [0.05, 0.1) is 6.54 Å². The van der Waals surface area contributed by atoms with Crippen LogP contribution in [-0.4, -0.2) is 39.5 Å². The molecule has 1 saturated heterocycles. The molecule has 0 amide bonds. The molecule has 0 aliphatic carbocycles. The van der Waals surface area contributed by atoms with Gasteiger partial charge in [0.25, 0.3) is 0 Å². The first-order valence-electron chi connectivity index (χ1n) is 5.43. The van der Waals surface area contributed by atoms with Crippen LogP contribution in [0.3, 0.4) is 0 Å². The Kier molecular flexibility index (Phi) is 4.05. The summed E-state index contributed by atoms with van der Waals surface area (Å²) in [6.07, 6.45) is 1.26. The van der Waals surface area contributed by atoms with Gasteiger partial charge in [-0.15, -0.1) is 0 Å². The highest BCUT2D eigenvalue weighted by atomic mass is 35.5. The molecule has 0 N–H and O–H groups in total. The number of halogens is 1. The quantitative estimate of drug-likeness (QED) is 0.778. The number of nitrogens with zero attached hydrogens (tertiary/aromatic N) is 3. The SMILES string of the molecule is Cc1cc(Cl)nc(CN(C)C2CCSC2)n1. The lowest BCUT2D eigenvalue weighted by atomic mass is 10.2. The minimum absolute atomic E-state index is 0.539. The molecule has 16 heavy (non-hydrogen) atoms. The van der Waals surface area contributed by atoms with Crippen LogP contribution in [-0.2, 0) is 6.54 Å². The number of hydrogen-bond donors (Lipinski definition) is 0. The summed E-state index contributed by atoms with van der Waals surface area (Å²) in [5.41, 5.74) is 0.934. The average Bonchev–Trinajstić information content (AvgIpc) is 2.68. The molecule has 1 aromatic rings. The maximum absolute atomic E-state index is 5.92. The molecule has 5 heteroatoms. The van der Waals surface area contributed by atoms with Crippen molar-refractivity contribution in [3.63, 3.8) is 0 Å². The van der Waals surface area contributed by atoms with Gasteiger partial charge < -0.3 is 0 Å². The second kappa shape index (κ2) is 5.34. The van der Waals surface area contributed by atoms with Gasteiger partial charge in [0.15, 0.2) is 0 Å². The first-order chi connectivity index (χ1) is 7.65. The zero-order valence-electron chi connectivity index (χ0n) is 9.61. The van der Waals surface area contributed by atoms with Gasteiger partial charge in [-0.25, -0.2) is 9.97 Å². The fourth-order valence-electron chi connectivity index (χ4n) is 1.88. The highest BCUT2D eigenvalue weighted by Gasteiger charge is 2.20. The summed E-state index contributed by atoms with van der Waals surface area (Å²) in [4.78, 5) is 11.0. The van der Waals surface area contributed by atoms with Crippen LogP contribution in [0.5, 0.6) is 0 Å². The van der Waals surface area contributed by atoms with Crippen LogP contribution in [0.25, 0.3) is 0 Å². The standard InChI is InChI=1S/C11H16ClN3S/c1-8-5-10(12)14-11(13-8)6-15(2)9-3-4-16-7-9/h5,9H,3-4,6-7H2,1-2H3. The van der Waals surface area contributed by atoms with Crippen molar-refractivity contribution in [2.75, 3.05) is 18.6 Å². The zero-order chi connectivity index (χ0) is 11.5. The molecule has 1 aliphatic heterocycles. The first kappa shape index (κ1) is 12.1. The topological polar surface area (TPSA) is 29.0 Å². The summed E-state index contributed by atoms with van der Waals surface area (Å²) in [6, 6.07) is 2.45. The minimum Gasteiger partial charge on any atom is -0.295 e. The predicted octanol–water partition coefficient (Wildman–Crippen LogP) is 2.38. The molecule has 1 unspecified atom stereocenters. The summed E-state index contributed by atoms with van der Waals surface area (Å²) in [5.74, 6) is 3.31. The third kappa shape index (κ3) is 3.09. The van der Waals surface area contributed by atoms with E-state index < -0.39 is 0 Å². The number of thioether (sulfide) groups is 1. The molecule has 88 valence electrons. The molecule has 3 nitrogen and oxygen atoms in total. The van der Waals surface area contributed by atoms with E-state index in [1.807, 2.05) is 18.7 Å². The van der Waals surface area contributed by atoms with E-state index in [-0.39, 0.29) is 0 Å². The van der Waals surface area contributed by atoms with Gasteiger partial charge in [0.1, 0.15) is 11.0 Å². The van der Waals surface area contributed by atoms with Crippen LogP contribution in [0.15, 0.2) is 6.07 Å². The van der Waals surface area contributed by atoms with Gasteiger partial charge in [-0.1, -0.05) is 11.6 Å². The molecule has 2 heterocycles. The second-order valence-electron chi connectivity index (χ2n) is 4.18. The Labute approximate surface area is 106 Å². The third-order valence-corrected chi connectivity index (χ3v) is 4.13. The Balaban J connectivity index is 2.02. The van der Waals surface area contributed by atoms with Crippen LogP contribution in [0, 0.1) is 6.92 Å². The van der Waals surface area contributed by atoms with Crippen LogP contribution < -0.4 is 0 Å². The third-order valence-electron chi connectivity index (χ3n) is 2.79. The van der Waals surface area contributed by atoms with Crippen molar-refractivity contribution in [3.05, 3.63) is 22.7 Å². The summed E-state index contributed by atoms with van der Waals surface area (Å²) in [6.45, 7) is 2.73. The van der Waals surface area contributed by atoms with E-state index in [0.29, 0.717) is 11.2 Å². The molecular formula is C11H16ClN3S. The largest absolute Gasteiger partial charge is 0.295 e. The predicted molar refractivity (Wildman–Crippen MR) is 69.0 cm³/mol. The summed E-state index contributed by atoms with van der Waals surface area (Å²) in [7, 11) is 2.14. The molecule has 0 bridgehead atoms. The molecule has 0 aromatic carbocycles. The van der Waals surface area contributed by atoms with E-state index in [9.17, 15) is 0 Å². The fraction of sp³-hybridized carbons (Fsp3) is 0.636. The smallest absolute Gasteiger partial charge is 0.144 e. The number of aryl methyl sites for hydroxylation is 1. The van der Waals surface area contributed by atoms with E-state index in [0.717, 1.165) is 18.1 Å². The summed E-state index contributed by atoms with van der Waals surface area (Å²) < 4.78 is 0. The van der Waals surface area contributed by atoms with Gasteiger partial charge in [0, 0.05) is 17.5 Å². The molecule has 1 aromatic heterocycles. The molecule has 2 rings (SSSR count). The highest BCUT2D eigenvalue weighted by molar-refractivity contribution is 7.99. The van der Waals surface area contributed by atoms with Crippen molar-refractivity contribution in [1.82, 2.24) is 14.9 Å². The Bertz CT molecular complexity index is 346. The lowest BCUT2D eigenvalue weighted by molar-refractivity contribution is 0.248. The minimum atomic E-state index is 0.539. The Morgan fingerprint density at radius 3 is 3.00 bits per heavy atom. The molecule has 0 spiro atoms. The van der Waals surface area contributed by atoms with Crippen molar-refractivity contribution in [2.45, 2.75) is 25.9 Å². The first-order valence-corrected chi connectivity index (χ1v) is 6.96. The Hall–Kier alpha value is -0.320. The molecular weight excluding hydrogens is 242 g/mol. The van der Waals surface area contributed by atoms with E-state index in [1.165, 1.54) is 17.9 Å². The van der Waals surface area contributed by atoms with Gasteiger partial charge in [-0.2, -0.15) is 11.8 Å². The maximum Gasteiger partial charge on any atom is 0.144 e. The van der Waals surface area contributed by atoms with Crippen molar-refractivity contribution >= 4 is 23.4 Å². The Morgan fingerprint density at radius 1 is 1.56 bits per heavy atom. The van der Waals surface area contributed by atoms with Crippen LogP contribution in [0.1, 0.15) is 17.9 Å². The van der Waals surface area contributed by atoms with E-state index in [1.54, 1.807) is 6.07 Å². The fourth-order valence-corrected chi connectivity index (χ4v) is 3.44. The number of hydrogen-bond acceptors (Lipinski definition) is 4. The van der Waals surface area contributed by atoms with Crippen molar-refractivity contribution in [1.29, 1.82) is 0 Å². The van der Waals surface area contributed by atoms with E-state index in [2.05, 4.69) is 21.9 Å². The second-order valence-corrected chi connectivity index (χ2v) is 5.72. The monoisotopic (exact) mass is 257 g/mol. The molecule has 0 saturated carbocycles. The Morgan fingerprint density at radius 2 is 2.38 bits per heavy atom. The van der Waals surface area contributed by atoms with Crippen molar-refractivity contribution < 1.29 is 0 Å². The average molecular weight is 258 g/mol. The van der Waals surface area contributed by atoms with Crippen LogP contribution >= 0.6 is 23.4 Å². The summed E-state index contributed by atoms with van der Waals surface area (Å²) in [5, 5.41) is 0.539. The lowest BCUT2D eigenvalue weighted by Crippen LogP contribution is -2.31. The number of aromatic nitrogens is 2. The normalized spacial score (nSPS) is 20.6. The van der Waals surface area contributed by atoms with E-state index in [4.69, 9.17) is 11.6 Å². The summed E-state index contributed by atoms with van der Waals surface area (Å²) >= 11 is 7.94. The molecule has 1 atom stereocenters. The molecule has 0 radical (unpaired) electrons. The zero-order valence-corrected chi connectivity index (χ0v) is 11.2. The van der Waals surface area contributed by atoms with Gasteiger partial charge >= 0.3 is 0 Å².